The summed E-state index contributed by atoms with van der Waals surface area (Å²) in [5.41, 5.74) is 4.11. The molecule has 0 heterocycles. The van der Waals surface area contributed by atoms with Crippen LogP contribution in [-0.2, 0) is 21.4 Å². The summed E-state index contributed by atoms with van der Waals surface area (Å²) < 4.78 is 31.0. The Morgan fingerprint density at radius 2 is 1.71 bits per heavy atom. The van der Waals surface area contributed by atoms with Gasteiger partial charge in [0.25, 0.3) is 5.91 Å². The molecule has 0 radical (unpaired) electrons. The normalized spacial score (nSPS) is 11.4. The summed E-state index contributed by atoms with van der Waals surface area (Å²) in [6.45, 7) is -0.151. The van der Waals surface area contributed by atoms with Crippen molar-refractivity contribution in [2.75, 3.05) is 17.1 Å². The summed E-state index contributed by atoms with van der Waals surface area (Å²) in [5.74, 6) is 0.0129. The Balaban J connectivity index is 1.57. The molecular formula is C23H20Cl3N3O4S. The van der Waals surface area contributed by atoms with E-state index in [0.717, 1.165) is 16.1 Å². The average Bonchev–Trinajstić information content (AvgIpc) is 2.79. The van der Waals surface area contributed by atoms with Crippen LogP contribution < -0.4 is 14.5 Å². The summed E-state index contributed by atoms with van der Waals surface area (Å²) in [4.78, 5) is 12.3. The predicted molar refractivity (Wildman–Crippen MR) is 137 cm³/mol. The van der Waals surface area contributed by atoms with Crippen LogP contribution in [0.3, 0.4) is 0 Å². The Labute approximate surface area is 212 Å². The minimum atomic E-state index is -3.76. The molecule has 3 rings (SSSR count). The number of carbonyl (C=O) groups excluding carboxylic acids is 1. The fraction of sp³-hybridized carbons (Fsp3) is 0.130. The molecule has 7 nitrogen and oxygen atoms in total. The van der Waals surface area contributed by atoms with Crippen LogP contribution in [0, 0.1) is 0 Å². The molecular weight excluding hydrogens is 521 g/mol. The Kier molecular flexibility index (Phi) is 8.79. The maximum Gasteiger partial charge on any atom is 0.260 e. The van der Waals surface area contributed by atoms with Gasteiger partial charge in [-0.05, 0) is 54.1 Å². The van der Waals surface area contributed by atoms with E-state index >= 15 is 0 Å². The molecule has 178 valence electrons. The summed E-state index contributed by atoms with van der Waals surface area (Å²) in [7, 11) is -3.76. The van der Waals surface area contributed by atoms with Gasteiger partial charge in [-0.3, -0.25) is 9.10 Å². The number of halogens is 3. The van der Waals surface area contributed by atoms with Gasteiger partial charge in [-0.2, -0.15) is 5.10 Å². The fourth-order valence-electron chi connectivity index (χ4n) is 2.81. The van der Waals surface area contributed by atoms with Crippen molar-refractivity contribution in [1.82, 2.24) is 5.43 Å². The quantitative estimate of drug-likeness (QED) is 0.301. The molecule has 0 spiro atoms. The second kappa shape index (κ2) is 11.6. The number of sulfonamides is 1. The minimum Gasteiger partial charge on any atom is -0.489 e. The molecule has 0 unspecified atom stereocenters. The van der Waals surface area contributed by atoms with Crippen molar-refractivity contribution in [3.8, 4) is 5.75 Å². The lowest BCUT2D eigenvalue weighted by molar-refractivity contribution is -0.119. The van der Waals surface area contributed by atoms with Gasteiger partial charge >= 0.3 is 0 Å². The summed E-state index contributed by atoms with van der Waals surface area (Å²) in [6.07, 6.45) is 2.42. The number of nitrogens with zero attached hydrogens (tertiary/aromatic N) is 2. The second-order valence-electron chi connectivity index (χ2n) is 7.11. The number of hydrogen-bond acceptors (Lipinski definition) is 5. The number of amides is 1. The van der Waals surface area contributed by atoms with Gasteiger partial charge in [0.15, 0.2) is 0 Å². The molecule has 0 aliphatic carbocycles. The zero-order chi connectivity index (χ0) is 24.7. The molecule has 1 N–H and O–H groups in total. The number of hydrogen-bond donors (Lipinski definition) is 1. The first-order valence-electron chi connectivity index (χ1n) is 9.84. The highest BCUT2D eigenvalue weighted by Gasteiger charge is 2.21. The van der Waals surface area contributed by atoms with Crippen molar-refractivity contribution in [1.29, 1.82) is 0 Å². The van der Waals surface area contributed by atoms with Crippen molar-refractivity contribution in [3.05, 3.63) is 92.9 Å². The minimum absolute atomic E-state index is 0.172. The molecule has 0 saturated carbocycles. The lowest BCUT2D eigenvalue weighted by atomic mass is 10.2. The van der Waals surface area contributed by atoms with Gasteiger partial charge in [0.05, 0.1) is 28.2 Å². The molecule has 3 aromatic carbocycles. The summed E-state index contributed by atoms with van der Waals surface area (Å²) in [6, 6.07) is 18.8. The van der Waals surface area contributed by atoms with E-state index in [1.54, 1.807) is 30.3 Å². The standard InChI is InChI=1S/C23H20Cl3N3O4S/c1-34(31,32)29(18-8-11-21(25)22(26)12-18)14-23(30)28-27-13-16-6-9-19(10-7-16)33-15-17-4-2-3-5-20(17)24/h2-13H,14-15H2,1H3,(H,28,30)/b27-13+. The number of anilines is 1. The number of benzene rings is 3. The number of hydrazone groups is 1. The third-order valence-electron chi connectivity index (χ3n) is 4.51. The number of carbonyl (C=O) groups is 1. The molecule has 34 heavy (non-hydrogen) atoms. The average molecular weight is 541 g/mol. The Hall–Kier alpha value is -2.78. The first-order chi connectivity index (χ1) is 16.1. The van der Waals surface area contributed by atoms with E-state index in [9.17, 15) is 13.2 Å². The topological polar surface area (TPSA) is 88.1 Å². The number of ether oxygens (including phenoxy) is 1. The Bertz CT molecular complexity index is 1300. The van der Waals surface area contributed by atoms with E-state index in [1.165, 1.54) is 24.4 Å². The molecule has 0 atom stereocenters. The maximum atomic E-state index is 12.3. The Morgan fingerprint density at radius 3 is 2.35 bits per heavy atom. The third kappa shape index (κ3) is 7.36. The predicted octanol–water partition coefficient (Wildman–Crippen LogP) is 5.14. The van der Waals surface area contributed by atoms with Gasteiger partial charge < -0.3 is 4.74 Å². The zero-order valence-electron chi connectivity index (χ0n) is 17.9. The van der Waals surface area contributed by atoms with Crippen molar-refractivity contribution in [2.24, 2.45) is 5.10 Å². The first kappa shape index (κ1) is 25.8. The van der Waals surface area contributed by atoms with Gasteiger partial charge in [0.2, 0.25) is 10.0 Å². The monoisotopic (exact) mass is 539 g/mol. The van der Waals surface area contributed by atoms with Crippen molar-refractivity contribution in [3.63, 3.8) is 0 Å². The van der Waals surface area contributed by atoms with Gasteiger partial charge in [-0.25, -0.2) is 13.8 Å². The van der Waals surface area contributed by atoms with E-state index in [-0.39, 0.29) is 15.7 Å². The Morgan fingerprint density at radius 1 is 1.00 bits per heavy atom. The van der Waals surface area contributed by atoms with Gasteiger partial charge in [0, 0.05) is 10.6 Å². The van der Waals surface area contributed by atoms with Crippen molar-refractivity contribution < 1.29 is 17.9 Å². The van der Waals surface area contributed by atoms with Gasteiger partial charge in [-0.15, -0.1) is 0 Å². The van der Waals surface area contributed by atoms with Gasteiger partial charge in [-0.1, -0.05) is 53.0 Å². The number of rotatable bonds is 9. The van der Waals surface area contributed by atoms with Crippen LogP contribution >= 0.6 is 34.8 Å². The smallest absolute Gasteiger partial charge is 0.260 e. The SMILES string of the molecule is CS(=O)(=O)N(CC(=O)N/N=C/c1ccc(OCc2ccccc2Cl)cc1)c1ccc(Cl)c(Cl)c1. The number of nitrogens with one attached hydrogen (secondary N) is 1. The molecule has 1 amide bonds. The van der Waals surface area contributed by atoms with Crippen LogP contribution in [0.5, 0.6) is 5.75 Å². The zero-order valence-corrected chi connectivity index (χ0v) is 21.0. The van der Waals surface area contributed by atoms with Crippen LogP contribution in [0.15, 0.2) is 71.8 Å². The molecule has 0 aliphatic heterocycles. The molecule has 0 aliphatic rings. The lowest BCUT2D eigenvalue weighted by Crippen LogP contribution is -2.39. The third-order valence-corrected chi connectivity index (χ3v) is 6.76. The van der Waals surface area contributed by atoms with Gasteiger partial charge in [0.1, 0.15) is 18.9 Å². The van der Waals surface area contributed by atoms with E-state index in [0.29, 0.717) is 22.9 Å². The molecule has 3 aromatic rings. The highest BCUT2D eigenvalue weighted by atomic mass is 35.5. The molecule has 11 heteroatoms. The molecule has 0 fully saturated rings. The van der Waals surface area contributed by atoms with Crippen LogP contribution in [-0.4, -0.2) is 33.3 Å². The van der Waals surface area contributed by atoms with Crippen LogP contribution in [0.1, 0.15) is 11.1 Å². The molecule has 0 saturated heterocycles. The van der Waals surface area contributed by atoms with E-state index in [1.807, 2.05) is 18.2 Å². The largest absolute Gasteiger partial charge is 0.489 e. The molecule has 0 bridgehead atoms. The van der Waals surface area contributed by atoms with E-state index < -0.39 is 22.5 Å². The fourth-order valence-corrected chi connectivity index (χ4v) is 4.14. The maximum absolute atomic E-state index is 12.3. The molecule has 0 aromatic heterocycles. The van der Waals surface area contributed by atoms with Crippen molar-refractivity contribution in [2.45, 2.75) is 6.61 Å². The highest BCUT2D eigenvalue weighted by Crippen LogP contribution is 2.28. The van der Waals surface area contributed by atoms with Crippen molar-refractivity contribution >= 4 is 62.6 Å². The van der Waals surface area contributed by atoms with E-state index in [4.69, 9.17) is 39.5 Å². The second-order valence-corrected chi connectivity index (χ2v) is 10.2. The summed E-state index contributed by atoms with van der Waals surface area (Å²) >= 11 is 18.0. The summed E-state index contributed by atoms with van der Waals surface area (Å²) in [5, 5.41) is 4.96. The van der Waals surface area contributed by atoms with E-state index in [2.05, 4.69) is 10.5 Å². The van der Waals surface area contributed by atoms with Crippen LogP contribution in [0.25, 0.3) is 0 Å². The lowest BCUT2D eigenvalue weighted by Gasteiger charge is -2.21. The van der Waals surface area contributed by atoms with Crippen LogP contribution in [0.2, 0.25) is 15.1 Å². The van der Waals surface area contributed by atoms with Crippen LogP contribution in [0.4, 0.5) is 5.69 Å². The first-order valence-corrected chi connectivity index (χ1v) is 12.8. The highest BCUT2D eigenvalue weighted by molar-refractivity contribution is 7.92.